The van der Waals surface area contributed by atoms with Crippen LogP contribution in [0.2, 0.25) is 0 Å². The lowest BCUT2D eigenvalue weighted by Crippen LogP contribution is -2.29. The van der Waals surface area contributed by atoms with Crippen LogP contribution in [-0.2, 0) is 0 Å². The van der Waals surface area contributed by atoms with Crippen LogP contribution in [0.4, 0.5) is 17.6 Å². The maximum Gasteiger partial charge on any atom is 0.170 e. The zero-order valence-electron chi connectivity index (χ0n) is 12.0. The first kappa shape index (κ1) is 18.2. The SMILES string of the molecule is CCC(C)/C(F)=C(/F)C(C)(O)/C(F)=C(\F)C(C)CC. The molecule has 3 unspecified atom stereocenters. The van der Waals surface area contributed by atoms with Crippen LogP contribution in [0.1, 0.15) is 47.5 Å². The van der Waals surface area contributed by atoms with E-state index in [-0.39, 0.29) is 12.8 Å². The third-order valence-corrected chi connectivity index (χ3v) is 3.36. The molecule has 3 atom stereocenters. The van der Waals surface area contributed by atoms with Crippen molar-refractivity contribution in [2.24, 2.45) is 11.8 Å². The molecule has 0 saturated carbocycles. The maximum atomic E-state index is 13.8. The van der Waals surface area contributed by atoms with Gasteiger partial charge in [-0.05, 0) is 19.8 Å². The van der Waals surface area contributed by atoms with Gasteiger partial charge in [0.15, 0.2) is 17.3 Å². The molecule has 0 aromatic carbocycles. The van der Waals surface area contributed by atoms with Gasteiger partial charge in [0.05, 0.1) is 0 Å². The van der Waals surface area contributed by atoms with Crippen LogP contribution < -0.4 is 0 Å². The van der Waals surface area contributed by atoms with Gasteiger partial charge in [-0.3, -0.25) is 0 Å². The van der Waals surface area contributed by atoms with Crippen LogP contribution in [0, 0.1) is 11.8 Å². The van der Waals surface area contributed by atoms with Crippen LogP contribution >= 0.6 is 0 Å². The highest BCUT2D eigenvalue weighted by atomic mass is 19.2. The molecule has 0 saturated heterocycles. The summed E-state index contributed by atoms with van der Waals surface area (Å²) in [5.74, 6) is -7.44. The van der Waals surface area contributed by atoms with Gasteiger partial charge in [0.2, 0.25) is 0 Å². The van der Waals surface area contributed by atoms with E-state index in [1.807, 2.05) is 0 Å². The number of hydrogen-bond acceptors (Lipinski definition) is 1. The van der Waals surface area contributed by atoms with Crippen molar-refractivity contribution >= 4 is 0 Å². The Balaban J connectivity index is 5.61. The number of rotatable bonds is 6. The summed E-state index contributed by atoms with van der Waals surface area (Å²) in [6, 6.07) is 0. The molecule has 0 aromatic heterocycles. The summed E-state index contributed by atoms with van der Waals surface area (Å²) in [6.07, 6.45) is 0.572. The summed E-state index contributed by atoms with van der Waals surface area (Å²) in [4.78, 5) is 0. The first-order valence-corrected chi connectivity index (χ1v) is 6.44. The minimum Gasteiger partial charge on any atom is -0.376 e. The van der Waals surface area contributed by atoms with Gasteiger partial charge in [-0.25, -0.2) is 17.6 Å². The standard InChI is InChI=1S/C14H22F4O/c1-6-8(3)10(15)12(17)14(5,19)13(18)11(16)9(4)7-2/h8-9,19H,6-7H2,1-5H3/b12-10-,13-11+. The Kier molecular flexibility index (Phi) is 6.77. The molecule has 0 aromatic rings. The summed E-state index contributed by atoms with van der Waals surface area (Å²) >= 11 is 0. The highest BCUT2D eigenvalue weighted by molar-refractivity contribution is 5.27. The van der Waals surface area contributed by atoms with Crippen LogP contribution in [0.3, 0.4) is 0 Å². The molecule has 1 N–H and O–H groups in total. The molecule has 5 heteroatoms. The smallest absolute Gasteiger partial charge is 0.170 e. The largest absolute Gasteiger partial charge is 0.376 e. The van der Waals surface area contributed by atoms with Gasteiger partial charge >= 0.3 is 0 Å². The second-order valence-corrected chi connectivity index (χ2v) is 5.01. The highest BCUT2D eigenvalue weighted by Crippen LogP contribution is 2.37. The van der Waals surface area contributed by atoms with Gasteiger partial charge in [0, 0.05) is 11.8 Å². The fourth-order valence-corrected chi connectivity index (χ4v) is 1.35. The van der Waals surface area contributed by atoms with Gasteiger partial charge in [-0.15, -0.1) is 0 Å². The van der Waals surface area contributed by atoms with E-state index in [2.05, 4.69) is 0 Å². The molecule has 112 valence electrons. The Hall–Kier alpha value is -0.840. The number of hydrogen-bond donors (Lipinski definition) is 1. The Morgan fingerprint density at radius 1 is 0.895 bits per heavy atom. The average molecular weight is 282 g/mol. The zero-order valence-corrected chi connectivity index (χ0v) is 12.0. The lowest BCUT2D eigenvalue weighted by Gasteiger charge is -2.23. The first-order valence-electron chi connectivity index (χ1n) is 6.44. The van der Waals surface area contributed by atoms with Crippen molar-refractivity contribution in [1.29, 1.82) is 0 Å². The predicted octanol–water partition coefficient (Wildman–Crippen LogP) is 5.13. The monoisotopic (exact) mass is 282 g/mol. The molecule has 0 spiro atoms. The van der Waals surface area contributed by atoms with Crippen LogP contribution in [0.25, 0.3) is 0 Å². The first-order chi connectivity index (χ1) is 8.61. The van der Waals surface area contributed by atoms with Crippen molar-refractivity contribution in [3.63, 3.8) is 0 Å². The van der Waals surface area contributed by atoms with E-state index in [0.717, 1.165) is 0 Å². The molecular formula is C14H22F4O. The van der Waals surface area contributed by atoms with Crippen molar-refractivity contribution in [2.75, 3.05) is 0 Å². The maximum absolute atomic E-state index is 13.8. The molecule has 1 nitrogen and oxygen atoms in total. The quantitative estimate of drug-likeness (QED) is 0.669. The Morgan fingerprint density at radius 3 is 1.37 bits per heavy atom. The van der Waals surface area contributed by atoms with Crippen molar-refractivity contribution in [3.05, 3.63) is 23.3 Å². The van der Waals surface area contributed by atoms with Crippen LogP contribution in [0.5, 0.6) is 0 Å². The summed E-state index contributed by atoms with van der Waals surface area (Å²) in [6.45, 7) is 6.76. The molecule has 0 fully saturated rings. The molecule has 0 amide bonds. The fourth-order valence-electron chi connectivity index (χ4n) is 1.35. The topological polar surface area (TPSA) is 20.2 Å². The van der Waals surface area contributed by atoms with E-state index in [4.69, 9.17) is 0 Å². The third kappa shape index (κ3) is 4.06. The fraction of sp³-hybridized carbons (Fsp3) is 0.714. The summed E-state index contributed by atoms with van der Waals surface area (Å²) < 4.78 is 54.9. The van der Waals surface area contributed by atoms with Gasteiger partial charge in [0.1, 0.15) is 11.7 Å². The number of halogens is 4. The van der Waals surface area contributed by atoms with Crippen molar-refractivity contribution in [3.8, 4) is 0 Å². The van der Waals surface area contributed by atoms with E-state index in [0.29, 0.717) is 6.92 Å². The number of aliphatic hydroxyl groups is 1. The molecular weight excluding hydrogens is 260 g/mol. The Morgan fingerprint density at radius 2 is 1.16 bits per heavy atom. The van der Waals surface area contributed by atoms with E-state index in [1.54, 1.807) is 13.8 Å². The lowest BCUT2D eigenvalue weighted by molar-refractivity contribution is 0.0746. The van der Waals surface area contributed by atoms with Crippen LogP contribution in [-0.4, -0.2) is 10.7 Å². The lowest BCUT2D eigenvalue weighted by atomic mass is 9.94. The second-order valence-electron chi connectivity index (χ2n) is 5.01. The Bertz CT molecular complexity index is 338. The van der Waals surface area contributed by atoms with Crippen molar-refractivity contribution in [2.45, 2.75) is 53.1 Å². The minimum atomic E-state index is -2.90. The predicted molar refractivity (Wildman–Crippen MR) is 68.0 cm³/mol. The van der Waals surface area contributed by atoms with Crippen molar-refractivity contribution in [1.82, 2.24) is 0 Å². The van der Waals surface area contributed by atoms with Gasteiger partial charge in [-0.2, -0.15) is 0 Å². The van der Waals surface area contributed by atoms with E-state index >= 15 is 0 Å². The van der Waals surface area contributed by atoms with Gasteiger partial charge in [-0.1, -0.05) is 27.7 Å². The van der Waals surface area contributed by atoms with Crippen molar-refractivity contribution < 1.29 is 22.7 Å². The van der Waals surface area contributed by atoms with E-state index in [1.165, 1.54) is 13.8 Å². The molecule has 0 heterocycles. The molecule has 19 heavy (non-hydrogen) atoms. The summed E-state index contributed by atoms with van der Waals surface area (Å²) in [5, 5.41) is 9.74. The molecule has 0 rings (SSSR count). The van der Waals surface area contributed by atoms with Gasteiger partial charge < -0.3 is 5.11 Å². The third-order valence-electron chi connectivity index (χ3n) is 3.36. The molecule has 0 aliphatic rings. The minimum absolute atomic E-state index is 0.286. The molecule has 0 aliphatic carbocycles. The van der Waals surface area contributed by atoms with Crippen LogP contribution in [0.15, 0.2) is 23.3 Å². The molecule has 0 aliphatic heterocycles. The van der Waals surface area contributed by atoms with Gasteiger partial charge in [0.25, 0.3) is 0 Å². The van der Waals surface area contributed by atoms with E-state index in [9.17, 15) is 22.7 Å². The highest BCUT2D eigenvalue weighted by Gasteiger charge is 2.39. The normalized spacial score (nSPS) is 21.2. The zero-order chi connectivity index (χ0) is 15.4. The summed E-state index contributed by atoms with van der Waals surface area (Å²) in [7, 11) is 0. The molecule has 0 radical (unpaired) electrons. The average Bonchev–Trinajstić information content (AvgIpc) is 2.41. The summed E-state index contributed by atoms with van der Waals surface area (Å²) in [5.41, 5.74) is -2.90. The van der Waals surface area contributed by atoms with E-state index < -0.39 is 40.7 Å². The Labute approximate surface area is 112 Å². The second kappa shape index (κ2) is 7.08. The molecule has 0 bridgehead atoms. The number of allylic oxidation sites excluding steroid dienone is 2.